The molecule has 1 saturated heterocycles. The molecule has 1 aliphatic heterocycles. The molecule has 0 aromatic heterocycles. The Balaban J connectivity index is 2.76. The fourth-order valence-corrected chi connectivity index (χ4v) is 1.52. The number of alkyl halides is 1. The van der Waals surface area contributed by atoms with Gasteiger partial charge in [0.2, 0.25) is 5.91 Å². The smallest absolute Gasteiger partial charge is 0.314 e. The van der Waals surface area contributed by atoms with Crippen LogP contribution in [0, 0.1) is 5.41 Å². The summed E-state index contributed by atoms with van der Waals surface area (Å²) in [5.41, 5.74) is -0.972. The number of hydrogen-bond acceptors (Lipinski definition) is 3. The van der Waals surface area contributed by atoms with Gasteiger partial charge in [-0.15, -0.1) is 0 Å². The van der Waals surface area contributed by atoms with E-state index in [1.807, 2.05) is 0 Å². The third kappa shape index (κ3) is 1.79. The minimum atomic E-state index is -0.972. The Morgan fingerprint density at radius 3 is 2.85 bits per heavy atom. The summed E-state index contributed by atoms with van der Waals surface area (Å²) < 4.78 is 16.7. The first-order chi connectivity index (χ1) is 6.14. The molecule has 74 valence electrons. The zero-order valence-corrected chi connectivity index (χ0v) is 7.43. The molecule has 0 spiro atoms. The Morgan fingerprint density at radius 1 is 1.77 bits per heavy atom. The van der Waals surface area contributed by atoms with E-state index in [1.54, 1.807) is 0 Å². The largest absolute Gasteiger partial charge is 0.469 e. The molecule has 1 atom stereocenters. The summed E-state index contributed by atoms with van der Waals surface area (Å²) in [5.74, 6) is -0.734. The van der Waals surface area contributed by atoms with E-state index in [1.165, 1.54) is 7.11 Å². The number of carbonyl (C=O) groups is 2. The highest BCUT2D eigenvalue weighted by molar-refractivity contribution is 5.89. The van der Waals surface area contributed by atoms with Crippen molar-refractivity contribution in [2.45, 2.75) is 12.8 Å². The third-order valence-electron chi connectivity index (χ3n) is 2.31. The second-order valence-electron chi connectivity index (χ2n) is 3.16. The summed E-state index contributed by atoms with van der Waals surface area (Å²) in [6.07, 6.45) is 0.0714. The topological polar surface area (TPSA) is 55.4 Å². The van der Waals surface area contributed by atoms with E-state index in [-0.39, 0.29) is 25.3 Å². The molecule has 1 aliphatic rings. The molecule has 0 aromatic rings. The van der Waals surface area contributed by atoms with Gasteiger partial charge in [-0.25, -0.2) is 0 Å². The standard InChI is InChI=1S/C8H12FNO3/c1-13-7(12)8(2-3-9)4-6(11)10-5-8/h2-5H2,1H3,(H,10,11). The summed E-state index contributed by atoms with van der Waals surface area (Å²) in [6, 6.07) is 0. The maximum atomic E-state index is 12.2. The van der Waals surface area contributed by atoms with Gasteiger partial charge in [0.15, 0.2) is 0 Å². The zero-order valence-electron chi connectivity index (χ0n) is 7.43. The predicted molar refractivity (Wildman–Crippen MR) is 42.7 cm³/mol. The van der Waals surface area contributed by atoms with Gasteiger partial charge in [0.1, 0.15) is 0 Å². The molecule has 0 radical (unpaired) electrons. The maximum Gasteiger partial charge on any atom is 0.314 e. The van der Waals surface area contributed by atoms with Crippen molar-refractivity contribution in [2.24, 2.45) is 5.41 Å². The molecule has 13 heavy (non-hydrogen) atoms. The van der Waals surface area contributed by atoms with Crippen LogP contribution in [0.4, 0.5) is 4.39 Å². The van der Waals surface area contributed by atoms with Crippen LogP contribution >= 0.6 is 0 Å². The van der Waals surface area contributed by atoms with E-state index >= 15 is 0 Å². The van der Waals surface area contributed by atoms with Crippen molar-refractivity contribution in [3.05, 3.63) is 0 Å². The van der Waals surface area contributed by atoms with Gasteiger partial charge in [0.25, 0.3) is 0 Å². The van der Waals surface area contributed by atoms with Crippen LogP contribution in [-0.4, -0.2) is 32.2 Å². The number of nitrogens with one attached hydrogen (secondary N) is 1. The van der Waals surface area contributed by atoms with Crippen LogP contribution in [0.25, 0.3) is 0 Å². The lowest BCUT2D eigenvalue weighted by Crippen LogP contribution is -2.35. The average molecular weight is 189 g/mol. The highest BCUT2D eigenvalue weighted by Crippen LogP contribution is 2.31. The maximum absolute atomic E-state index is 12.2. The highest BCUT2D eigenvalue weighted by Gasteiger charge is 2.45. The predicted octanol–water partition coefficient (Wildman–Crippen LogP) is 0.0253. The number of carbonyl (C=O) groups excluding carboxylic acids is 2. The SMILES string of the molecule is COC(=O)C1(CCF)CNC(=O)C1. The van der Waals surface area contributed by atoms with Crippen molar-refractivity contribution in [3.8, 4) is 0 Å². The van der Waals surface area contributed by atoms with E-state index in [9.17, 15) is 14.0 Å². The molecular weight excluding hydrogens is 177 g/mol. The highest BCUT2D eigenvalue weighted by atomic mass is 19.1. The fraction of sp³-hybridized carbons (Fsp3) is 0.750. The van der Waals surface area contributed by atoms with Crippen molar-refractivity contribution < 1.29 is 18.7 Å². The van der Waals surface area contributed by atoms with E-state index in [0.717, 1.165) is 0 Å². The molecule has 0 aromatic carbocycles. The molecule has 1 N–H and O–H groups in total. The van der Waals surface area contributed by atoms with Crippen molar-refractivity contribution in [3.63, 3.8) is 0 Å². The summed E-state index contributed by atoms with van der Waals surface area (Å²) in [6.45, 7) is -0.438. The van der Waals surface area contributed by atoms with Gasteiger partial charge in [-0.2, -0.15) is 0 Å². The Morgan fingerprint density at radius 2 is 2.46 bits per heavy atom. The van der Waals surface area contributed by atoms with E-state index < -0.39 is 18.1 Å². The number of hydrogen-bond donors (Lipinski definition) is 1. The van der Waals surface area contributed by atoms with E-state index in [4.69, 9.17) is 0 Å². The Kier molecular flexibility index (Phi) is 2.85. The van der Waals surface area contributed by atoms with Gasteiger partial charge in [0, 0.05) is 13.0 Å². The molecule has 1 unspecified atom stereocenters. The van der Waals surface area contributed by atoms with Crippen molar-refractivity contribution >= 4 is 11.9 Å². The number of esters is 1. The molecular formula is C8H12FNO3. The number of rotatable bonds is 3. The first-order valence-electron chi connectivity index (χ1n) is 4.06. The lowest BCUT2D eigenvalue weighted by molar-refractivity contribution is -0.153. The Bertz CT molecular complexity index is 231. The summed E-state index contributed by atoms with van der Waals surface area (Å²) in [7, 11) is 1.24. The summed E-state index contributed by atoms with van der Waals surface area (Å²) in [4.78, 5) is 22.2. The van der Waals surface area contributed by atoms with Gasteiger partial charge in [-0.05, 0) is 6.42 Å². The lowest BCUT2D eigenvalue weighted by atomic mass is 9.84. The number of amides is 1. The third-order valence-corrected chi connectivity index (χ3v) is 2.31. The van der Waals surface area contributed by atoms with Crippen LogP contribution in [0.5, 0.6) is 0 Å². The number of halogens is 1. The van der Waals surface area contributed by atoms with Crippen LogP contribution in [-0.2, 0) is 14.3 Å². The minimum absolute atomic E-state index is 0.0313. The summed E-state index contributed by atoms with van der Waals surface area (Å²) in [5, 5.41) is 2.50. The Hall–Kier alpha value is -1.13. The normalized spacial score (nSPS) is 27.1. The monoisotopic (exact) mass is 189 g/mol. The van der Waals surface area contributed by atoms with Crippen LogP contribution in [0.1, 0.15) is 12.8 Å². The second kappa shape index (κ2) is 3.72. The van der Waals surface area contributed by atoms with Crippen LogP contribution in [0.15, 0.2) is 0 Å². The van der Waals surface area contributed by atoms with Crippen molar-refractivity contribution in [2.75, 3.05) is 20.3 Å². The van der Waals surface area contributed by atoms with E-state index in [0.29, 0.717) is 0 Å². The molecule has 1 rings (SSSR count). The van der Waals surface area contributed by atoms with Crippen LogP contribution in [0.3, 0.4) is 0 Å². The van der Waals surface area contributed by atoms with Crippen LogP contribution < -0.4 is 5.32 Å². The molecule has 5 heteroatoms. The van der Waals surface area contributed by atoms with Crippen LogP contribution in [0.2, 0.25) is 0 Å². The average Bonchev–Trinajstić information content (AvgIpc) is 2.48. The zero-order chi connectivity index (χ0) is 9.90. The second-order valence-corrected chi connectivity index (χ2v) is 3.16. The van der Waals surface area contributed by atoms with Gasteiger partial charge in [-0.1, -0.05) is 0 Å². The lowest BCUT2D eigenvalue weighted by Gasteiger charge is -2.21. The molecule has 1 fully saturated rings. The Labute approximate surface area is 75.4 Å². The first kappa shape index (κ1) is 9.95. The molecule has 0 saturated carbocycles. The quantitative estimate of drug-likeness (QED) is 0.637. The number of methoxy groups -OCH3 is 1. The fourth-order valence-electron chi connectivity index (χ4n) is 1.52. The van der Waals surface area contributed by atoms with Gasteiger partial charge in [-0.3, -0.25) is 14.0 Å². The first-order valence-corrected chi connectivity index (χ1v) is 4.06. The minimum Gasteiger partial charge on any atom is -0.469 e. The van der Waals surface area contributed by atoms with Crippen molar-refractivity contribution in [1.82, 2.24) is 5.32 Å². The van der Waals surface area contributed by atoms with Crippen molar-refractivity contribution in [1.29, 1.82) is 0 Å². The molecule has 1 amide bonds. The van der Waals surface area contributed by atoms with E-state index in [2.05, 4.69) is 10.1 Å². The van der Waals surface area contributed by atoms with Gasteiger partial charge < -0.3 is 10.1 Å². The van der Waals surface area contributed by atoms with Gasteiger partial charge >= 0.3 is 5.97 Å². The summed E-state index contributed by atoms with van der Waals surface area (Å²) >= 11 is 0. The molecule has 1 heterocycles. The molecule has 0 aliphatic carbocycles. The van der Waals surface area contributed by atoms with Gasteiger partial charge in [0.05, 0.1) is 19.2 Å². The molecule has 0 bridgehead atoms. The number of ether oxygens (including phenoxy) is 1. The molecule has 4 nitrogen and oxygen atoms in total.